The molecule has 3 heteroatoms. The van der Waals surface area contributed by atoms with E-state index in [1.165, 1.54) is 10.8 Å². The Morgan fingerprint density at radius 3 is 2.46 bits per heavy atom. The molecule has 24 heavy (non-hydrogen) atoms. The molecule has 0 bridgehead atoms. The Balaban J connectivity index is 1.78. The third-order valence-corrected chi connectivity index (χ3v) is 5.00. The Hall–Kier alpha value is -2.65. The third kappa shape index (κ3) is 2.05. The molecule has 0 radical (unpaired) electrons. The van der Waals surface area contributed by atoms with Gasteiger partial charge >= 0.3 is 0 Å². The molecular weight excluding hydrogens is 362 g/mol. The minimum absolute atomic E-state index is 0.652. The number of aromatic nitrogens is 1. The lowest BCUT2D eigenvalue weighted by Gasteiger charge is -2.00. The number of hydrogen-bond acceptors (Lipinski definition) is 2. The monoisotopic (exact) mass is 373 g/mol. The van der Waals surface area contributed by atoms with Gasteiger partial charge in [0.15, 0.2) is 5.58 Å². The smallest absolute Gasteiger partial charge is 0.227 e. The first-order valence-electron chi connectivity index (χ1n) is 7.76. The Labute approximate surface area is 146 Å². The second-order valence-electron chi connectivity index (χ2n) is 5.83. The van der Waals surface area contributed by atoms with E-state index in [1.807, 2.05) is 30.3 Å². The third-order valence-electron chi connectivity index (χ3n) is 4.34. The van der Waals surface area contributed by atoms with E-state index >= 15 is 0 Å². The van der Waals surface area contributed by atoms with Crippen molar-refractivity contribution in [2.75, 3.05) is 0 Å². The number of hydrogen-bond donors (Lipinski definition) is 0. The van der Waals surface area contributed by atoms with Crippen molar-refractivity contribution in [3.8, 4) is 11.5 Å². The summed E-state index contributed by atoms with van der Waals surface area (Å²) in [6, 6.07) is 24.8. The van der Waals surface area contributed by atoms with Gasteiger partial charge in [0.1, 0.15) is 5.52 Å². The lowest BCUT2D eigenvalue weighted by atomic mass is 10.1. The van der Waals surface area contributed by atoms with Crippen LogP contribution < -0.4 is 0 Å². The quantitative estimate of drug-likeness (QED) is 0.332. The molecular formula is C21H12BrNO. The fourth-order valence-electron chi connectivity index (χ4n) is 3.16. The van der Waals surface area contributed by atoms with Crippen LogP contribution in [0.1, 0.15) is 0 Å². The molecule has 0 saturated carbocycles. The number of nitrogens with zero attached hydrogens (tertiary/aromatic N) is 1. The summed E-state index contributed by atoms with van der Waals surface area (Å²) in [5, 5.41) is 4.60. The van der Waals surface area contributed by atoms with Crippen LogP contribution in [-0.4, -0.2) is 4.98 Å². The van der Waals surface area contributed by atoms with Gasteiger partial charge in [-0.2, -0.15) is 0 Å². The summed E-state index contributed by atoms with van der Waals surface area (Å²) in [5.74, 6) is 0.652. The molecule has 4 aromatic carbocycles. The second-order valence-corrected chi connectivity index (χ2v) is 6.69. The summed E-state index contributed by atoms with van der Waals surface area (Å²) >= 11 is 3.63. The minimum atomic E-state index is 0.652. The standard InChI is InChI=1S/C21H12BrNO/c22-17-7-3-6-14-10-11-18-20(19(14)17)24-21(23-18)16-9-8-13-4-1-2-5-15(13)12-16/h1-12H. The molecule has 0 aliphatic carbocycles. The SMILES string of the molecule is Brc1cccc2ccc3nc(-c4ccc5ccccc5c4)oc3c12. The molecule has 0 saturated heterocycles. The van der Waals surface area contributed by atoms with E-state index in [1.54, 1.807) is 0 Å². The van der Waals surface area contributed by atoms with Crippen LogP contribution in [0.25, 0.3) is 44.1 Å². The van der Waals surface area contributed by atoms with Gasteiger partial charge in [-0.3, -0.25) is 0 Å². The van der Waals surface area contributed by atoms with Crippen LogP contribution in [0.4, 0.5) is 0 Å². The zero-order valence-corrected chi connectivity index (χ0v) is 14.2. The zero-order chi connectivity index (χ0) is 16.1. The van der Waals surface area contributed by atoms with Crippen molar-refractivity contribution in [3.05, 3.63) is 77.3 Å². The average Bonchev–Trinajstić information content (AvgIpc) is 3.05. The fourth-order valence-corrected chi connectivity index (χ4v) is 3.72. The normalized spacial score (nSPS) is 11.5. The van der Waals surface area contributed by atoms with Crippen LogP contribution in [0.3, 0.4) is 0 Å². The van der Waals surface area contributed by atoms with Gasteiger partial charge in [0.25, 0.3) is 0 Å². The highest BCUT2D eigenvalue weighted by Crippen LogP contribution is 2.34. The number of oxazole rings is 1. The van der Waals surface area contributed by atoms with Crippen molar-refractivity contribution in [2.24, 2.45) is 0 Å². The van der Waals surface area contributed by atoms with Gasteiger partial charge in [-0.15, -0.1) is 0 Å². The molecule has 114 valence electrons. The molecule has 0 fully saturated rings. The zero-order valence-electron chi connectivity index (χ0n) is 12.7. The molecule has 0 aliphatic rings. The maximum atomic E-state index is 6.16. The fraction of sp³-hybridized carbons (Fsp3) is 0. The van der Waals surface area contributed by atoms with Crippen LogP contribution in [0.15, 0.2) is 81.7 Å². The van der Waals surface area contributed by atoms with Crippen LogP contribution >= 0.6 is 15.9 Å². The van der Waals surface area contributed by atoms with E-state index < -0.39 is 0 Å². The first-order chi connectivity index (χ1) is 11.8. The summed E-state index contributed by atoms with van der Waals surface area (Å²) in [7, 11) is 0. The average molecular weight is 374 g/mol. The van der Waals surface area contributed by atoms with Gasteiger partial charge in [0, 0.05) is 15.4 Å². The molecule has 0 amide bonds. The summed E-state index contributed by atoms with van der Waals surface area (Å²) < 4.78 is 7.18. The van der Waals surface area contributed by atoms with Gasteiger partial charge in [0.2, 0.25) is 5.89 Å². The van der Waals surface area contributed by atoms with Crippen molar-refractivity contribution >= 4 is 48.6 Å². The molecule has 0 unspecified atom stereocenters. The van der Waals surface area contributed by atoms with Crippen LogP contribution in [0.5, 0.6) is 0 Å². The molecule has 1 heterocycles. The lowest BCUT2D eigenvalue weighted by molar-refractivity contribution is 0.623. The second kappa shape index (κ2) is 5.18. The highest BCUT2D eigenvalue weighted by Gasteiger charge is 2.13. The number of halogens is 1. The molecule has 0 aliphatic heterocycles. The van der Waals surface area contributed by atoms with E-state index in [2.05, 4.69) is 58.4 Å². The topological polar surface area (TPSA) is 26.0 Å². The number of benzene rings is 4. The highest BCUT2D eigenvalue weighted by molar-refractivity contribution is 9.10. The molecule has 1 aromatic heterocycles. The van der Waals surface area contributed by atoms with Crippen molar-refractivity contribution in [1.29, 1.82) is 0 Å². The van der Waals surface area contributed by atoms with Crippen LogP contribution in [0, 0.1) is 0 Å². The molecule has 0 spiro atoms. The Kier molecular flexibility index (Phi) is 2.97. The van der Waals surface area contributed by atoms with Gasteiger partial charge in [-0.05, 0) is 40.4 Å². The Morgan fingerprint density at radius 1 is 0.750 bits per heavy atom. The minimum Gasteiger partial charge on any atom is -0.435 e. The van der Waals surface area contributed by atoms with Gasteiger partial charge in [-0.25, -0.2) is 4.98 Å². The van der Waals surface area contributed by atoms with E-state index in [4.69, 9.17) is 9.40 Å². The maximum Gasteiger partial charge on any atom is 0.227 e. The molecule has 5 aromatic rings. The lowest BCUT2D eigenvalue weighted by Crippen LogP contribution is -1.78. The van der Waals surface area contributed by atoms with E-state index in [0.717, 1.165) is 31.9 Å². The van der Waals surface area contributed by atoms with Crippen molar-refractivity contribution in [1.82, 2.24) is 4.98 Å². The van der Waals surface area contributed by atoms with E-state index in [0.29, 0.717) is 5.89 Å². The predicted octanol–water partition coefficient (Wildman–Crippen LogP) is 6.56. The maximum absolute atomic E-state index is 6.16. The largest absolute Gasteiger partial charge is 0.435 e. The summed E-state index contributed by atoms with van der Waals surface area (Å²) in [4.78, 5) is 4.69. The summed E-state index contributed by atoms with van der Waals surface area (Å²) in [6.45, 7) is 0. The molecule has 0 atom stereocenters. The molecule has 2 nitrogen and oxygen atoms in total. The first-order valence-corrected chi connectivity index (χ1v) is 8.56. The summed E-state index contributed by atoms with van der Waals surface area (Å²) in [5.41, 5.74) is 2.69. The van der Waals surface area contributed by atoms with Gasteiger partial charge in [-0.1, -0.05) is 64.5 Å². The first kappa shape index (κ1) is 13.8. The van der Waals surface area contributed by atoms with Crippen LogP contribution in [-0.2, 0) is 0 Å². The van der Waals surface area contributed by atoms with Gasteiger partial charge < -0.3 is 4.42 Å². The van der Waals surface area contributed by atoms with Crippen molar-refractivity contribution in [2.45, 2.75) is 0 Å². The summed E-state index contributed by atoms with van der Waals surface area (Å²) in [6.07, 6.45) is 0. The van der Waals surface area contributed by atoms with Crippen molar-refractivity contribution < 1.29 is 4.42 Å². The number of fused-ring (bicyclic) bond motifs is 4. The Bertz CT molecular complexity index is 1220. The van der Waals surface area contributed by atoms with E-state index in [-0.39, 0.29) is 0 Å². The van der Waals surface area contributed by atoms with Gasteiger partial charge in [0.05, 0.1) is 0 Å². The number of rotatable bonds is 1. The molecule has 0 N–H and O–H groups in total. The van der Waals surface area contributed by atoms with Crippen LogP contribution in [0.2, 0.25) is 0 Å². The van der Waals surface area contributed by atoms with Crippen molar-refractivity contribution in [3.63, 3.8) is 0 Å². The van der Waals surface area contributed by atoms with E-state index in [9.17, 15) is 0 Å². The Morgan fingerprint density at radius 2 is 1.54 bits per heavy atom. The molecule has 5 rings (SSSR count). The highest BCUT2D eigenvalue weighted by atomic mass is 79.9. The predicted molar refractivity (Wildman–Crippen MR) is 102 cm³/mol.